The van der Waals surface area contributed by atoms with Crippen molar-refractivity contribution < 1.29 is 9.90 Å². The average molecular weight is 280 g/mol. The topological polar surface area (TPSA) is 73.1 Å². The first-order valence-corrected chi connectivity index (χ1v) is 7.88. The Balaban J connectivity index is 2.69. The number of rotatable bonds is 8. The van der Waals surface area contributed by atoms with Gasteiger partial charge in [-0.2, -0.15) is 5.26 Å². The van der Waals surface area contributed by atoms with Crippen molar-refractivity contribution in [2.45, 2.75) is 65.2 Å². The summed E-state index contributed by atoms with van der Waals surface area (Å²) in [5.74, 6) is -0.150. The van der Waals surface area contributed by atoms with E-state index in [0.717, 1.165) is 38.5 Å². The summed E-state index contributed by atoms with van der Waals surface area (Å²) in [7, 11) is 0. The van der Waals surface area contributed by atoms with Gasteiger partial charge in [-0.25, -0.2) is 0 Å². The smallest absolute Gasteiger partial charge is 0.240 e. The van der Waals surface area contributed by atoms with Gasteiger partial charge in [0.25, 0.3) is 0 Å². The molecule has 0 aliphatic heterocycles. The van der Waals surface area contributed by atoms with E-state index in [4.69, 9.17) is 0 Å². The Morgan fingerprint density at radius 2 is 1.85 bits per heavy atom. The summed E-state index contributed by atoms with van der Waals surface area (Å²) in [6, 6.07) is 2.25. The number of nitrogens with one attached hydrogen (secondary N) is 1. The number of hydrogen-bond acceptors (Lipinski definition) is 3. The average Bonchev–Trinajstić information content (AvgIpc) is 2.94. The van der Waals surface area contributed by atoms with E-state index in [9.17, 15) is 15.2 Å². The number of carbonyl (C=O) groups excluding carboxylic acids is 1. The fourth-order valence-electron chi connectivity index (χ4n) is 3.32. The maximum atomic E-state index is 12.5. The highest BCUT2D eigenvalue weighted by molar-refractivity contribution is 5.85. The van der Waals surface area contributed by atoms with Crippen LogP contribution in [0, 0.1) is 22.2 Å². The van der Waals surface area contributed by atoms with Crippen molar-refractivity contribution in [3.8, 4) is 6.07 Å². The van der Waals surface area contributed by atoms with E-state index in [1.807, 2.05) is 13.8 Å². The van der Waals surface area contributed by atoms with Crippen LogP contribution in [0.2, 0.25) is 0 Å². The highest BCUT2D eigenvalue weighted by Crippen LogP contribution is 2.37. The molecule has 0 saturated heterocycles. The van der Waals surface area contributed by atoms with Crippen molar-refractivity contribution in [3.05, 3.63) is 0 Å². The van der Waals surface area contributed by atoms with Gasteiger partial charge in [-0.05, 0) is 25.7 Å². The maximum absolute atomic E-state index is 12.5. The van der Waals surface area contributed by atoms with Crippen molar-refractivity contribution in [1.29, 1.82) is 5.26 Å². The molecule has 4 nitrogen and oxygen atoms in total. The number of aliphatic hydroxyl groups excluding tert-OH is 1. The molecule has 0 heterocycles. The zero-order chi connectivity index (χ0) is 15.1. The molecule has 0 aromatic heterocycles. The van der Waals surface area contributed by atoms with Crippen LogP contribution in [0.4, 0.5) is 0 Å². The summed E-state index contributed by atoms with van der Waals surface area (Å²) in [5.41, 5.74) is -1.05. The number of nitrogens with zero attached hydrogens (tertiary/aromatic N) is 1. The second-order valence-corrected chi connectivity index (χ2v) is 6.24. The molecule has 1 fully saturated rings. The lowest BCUT2D eigenvalue weighted by atomic mass is 9.79. The minimum Gasteiger partial charge on any atom is -0.396 e. The molecule has 0 aromatic rings. The van der Waals surface area contributed by atoms with Gasteiger partial charge in [0.1, 0.15) is 5.41 Å². The van der Waals surface area contributed by atoms with Crippen LogP contribution in [0.25, 0.3) is 0 Å². The highest BCUT2D eigenvalue weighted by Gasteiger charge is 2.39. The summed E-state index contributed by atoms with van der Waals surface area (Å²) >= 11 is 0. The SMILES string of the molecule is CCCC(C#N)(CCC)C(=O)NCC1(CO)CCCC1. The minimum absolute atomic E-state index is 0.119. The Hall–Kier alpha value is -1.08. The molecule has 2 N–H and O–H groups in total. The predicted octanol–water partition coefficient (Wildman–Crippen LogP) is 2.77. The van der Waals surface area contributed by atoms with Crippen LogP contribution >= 0.6 is 0 Å². The Morgan fingerprint density at radius 3 is 2.25 bits per heavy atom. The van der Waals surface area contributed by atoms with Gasteiger partial charge in [0.15, 0.2) is 0 Å². The molecule has 1 amide bonds. The van der Waals surface area contributed by atoms with Gasteiger partial charge >= 0.3 is 0 Å². The second-order valence-electron chi connectivity index (χ2n) is 6.24. The normalized spacial score (nSPS) is 17.7. The first-order chi connectivity index (χ1) is 9.58. The van der Waals surface area contributed by atoms with E-state index >= 15 is 0 Å². The van der Waals surface area contributed by atoms with Crippen molar-refractivity contribution in [1.82, 2.24) is 5.32 Å². The maximum Gasteiger partial charge on any atom is 0.240 e. The molecule has 1 rings (SSSR count). The lowest BCUT2D eigenvalue weighted by Crippen LogP contribution is -2.45. The summed E-state index contributed by atoms with van der Waals surface area (Å²) in [6.45, 7) is 4.62. The monoisotopic (exact) mass is 280 g/mol. The van der Waals surface area contributed by atoms with Crippen LogP contribution in [0.15, 0.2) is 0 Å². The van der Waals surface area contributed by atoms with Crippen LogP contribution in [0.5, 0.6) is 0 Å². The zero-order valence-electron chi connectivity index (χ0n) is 12.9. The van der Waals surface area contributed by atoms with E-state index in [2.05, 4.69) is 11.4 Å². The quantitative estimate of drug-likeness (QED) is 0.718. The second kappa shape index (κ2) is 7.64. The molecular weight excluding hydrogens is 252 g/mol. The number of carbonyl (C=O) groups is 1. The van der Waals surface area contributed by atoms with Crippen LogP contribution in [-0.4, -0.2) is 24.2 Å². The van der Waals surface area contributed by atoms with Gasteiger partial charge < -0.3 is 10.4 Å². The van der Waals surface area contributed by atoms with E-state index in [1.54, 1.807) is 0 Å². The molecule has 1 aliphatic rings. The molecular formula is C16H28N2O2. The largest absolute Gasteiger partial charge is 0.396 e. The molecule has 1 saturated carbocycles. The molecule has 4 heteroatoms. The van der Waals surface area contributed by atoms with Gasteiger partial charge in [-0.15, -0.1) is 0 Å². The first-order valence-electron chi connectivity index (χ1n) is 7.88. The number of hydrogen-bond donors (Lipinski definition) is 2. The third-order valence-corrected chi connectivity index (χ3v) is 4.63. The van der Waals surface area contributed by atoms with Gasteiger partial charge in [-0.3, -0.25) is 4.79 Å². The molecule has 0 radical (unpaired) electrons. The van der Waals surface area contributed by atoms with Crippen molar-refractivity contribution >= 4 is 5.91 Å². The first kappa shape index (κ1) is 17.0. The van der Waals surface area contributed by atoms with Crippen LogP contribution in [-0.2, 0) is 4.79 Å². The molecule has 0 atom stereocenters. The number of amides is 1. The molecule has 0 spiro atoms. The Bertz CT molecular complexity index is 348. The Labute approximate surface area is 122 Å². The third kappa shape index (κ3) is 3.73. The number of aliphatic hydroxyl groups is 1. The van der Waals surface area contributed by atoms with Crippen LogP contribution in [0.3, 0.4) is 0 Å². The molecule has 0 bridgehead atoms. The summed E-state index contributed by atoms with van der Waals surface area (Å²) in [5, 5.41) is 22.0. The lowest BCUT2D eigenvalue weighted by molar-refractivity contribution is -0.129. The summed E-state index contributed by atoms with van der Waals surface area (Å²) in [6.07, 6.45) is 7.02. The van der Waals surface area contributed by atoms with Gasteiger partial charge in [0.2, 0.25) is 5.91 Å². The van der Waals surface area contributed by atoms with E-state index < -0.39 is 5.41 Å². The molecule has 0 aromatic carbocycles. The highest BCUT2D eigenvalue weighted by atomic mass is 16.3. The number of nitriles is 1. The Morgan fingerprint density at radius 1 is 1.30 bits per heavy atom. The molecule has 1 aliphatic carbocycles. The lowest BCUT2D eigenvalue weighted by Gasteiger charge is -2.30. The molecule has 20 heavy (non-hydrogen) atoms. The van der Waals surface area contributed by atoms with Gasteiger partial charge in [0, 0.05) is 12.0 Å². The standard InChI is InChI=1S/C16H28N2O2/c1-3-7-16(11-17,8-4-2)14(20)18-12-15(13-19)9-5-6-10-15/h19H,3-10,12-13H2,1-2H3,(H,18,20). The van der Waals surface area contributed by atoms with E-state index in [1.165, 1.54) is 0 Å². The summed E-state index contributed by atoms with van der Waals surface area (Å²) < 4.78 is 0. The minimum atomic E-state index is -0.890. The predicted molar refractivity (Wildman–Crippen MR) is 78.9 cm³/mol. The van der Waals surface area contributed by atoms with E-state index in [-0.39, 0.29) is 17.9 Å². The van der Waals surface area contributed by atoms with Crippen LogP contribution in [0.1, 0.15) is 65.2 Å². The fraction of sp³-hybridized carbons (Fsp3) is 0.875. The fourth-order valence-corrected chi connectivity index (χ4v) is 3.32. The zero-order valence-corrected chi connectivity index (χ0v) is 12.9. The van der Waals surface area contributed by atoms with Crippen molar-refractivity contribution in [2.75, 3.05) is 13.2 Å². The van der Waals surface area contributed by atoms with Gasteiger partial charge in [-0.1, -0.05) is 39.5 Å². The Kier molecular flexibility index (Phi) is 6.48. The summed E-state index contributed by atoms with van der Waals surface area (Å²) in [4.78, 5) is 12.5. The van der Waals surface area contributed by atoms with Crippen molar-refractivity contribution in [3.63, 3.8) is 0 Å². The van der Waals surface area contributed by atoms with Crippen molar-refractivity contribution in [2.24, 2.45) is 10.8 Å². The molecule has 0 unspecified atom stereocenters. The van der Waals surface area contributed by atoms with Gasteiger partial charge in [0.05, 0.1) is 12.7 Å². The van der Waals surface area contributed by atoms with Crippen LogP contribution < -0.4 is 5.32 Å². The van der Waals surface area contributed by atoms with E-state index in [0.29, 0.717) is 19.4 Å². The molecule has 114 valence electrons. The third-order valence-electron chi connectivity index (χ3n) is 4.63.